The molecule has 1 aliphatic carbocycles. The molecule has 0 fully saturated rings. The third kappa shape index (κ3) is 5.85. The molecule has 304 valence electrons. The summed E-state index contributed by atoms with van der Waals surface area (Å²) >= 11 is 1.86. The van der Waals surface area contributed by atoms with Crippen LogP contribution in [0, 0.1) is 0 Å². The first-order valence-electron chi connectivity index (χ1n) is 22.4. The van der Waals surface area contributed by atoms with Gasteiger partial charge in [-0.05, 0) is 120 Å². The van der Waals surface area contributed by atoms with Crippen LogP contribution in [0.1, 0.15) is 22.3 Å². The molecule has 0 radical (unpaired) electrons. The molecule has 0 spiro atoms. The van der Waals surface area contributed by atoms with Gasteiger partial charge in [0.1, 0.15) is 0 Å². The predicted molar refractivity (Wildman–Crippen MR) is 277 cm³/mol. The summed E-state index contributed by atoms with van der Waals surface area (Å²) in [5.41, 5.74) is 15.1. The minimum atomic E-state index is -0.544. The lowest BCUT2D eigenvalue weighted by atomic mass is 9.67. The molecule has 0 aliphatic heterocycles. The third-order valence-electron chi connectivity index (χ3n) is 13.7. The number of fused-ring (bicyclic) bond motifs is 9. The van der Waals surface area contributed by atoms with Crippen LogP contribution in [-0.2, 0) is 5.41 Å². The van der Waals surface area contributed by atoms with Crippen molar-refractivity contribution in [2.24, 2.45) is 0 Å². The Labute approximate surface area is 382 Å². The number of hydrogen-bond donors (Lipinski definition) is 0. The van der Waals surface area contributed by atoms with E-state index in [1.54, 1.807) is 0 Å². The Balaban J connectivity index is 1.13. The smallest absolute Gasteiger partial charge is 0.0714 e. The molecule has 0 unspecified atom stereocenters. The van der Waals surface area contributed by atoms with Crippen LogP contribution in [0.2, 0.25) is 0 Å². The van der Waals surface area contributed by atoms with Crippen LogP contribution in [0.5, 0.6) is 0 Å². The first-order valence-corrected chi connectivity index (χ1v) is 23.2. The molecule has 0 N–H and O–H groups in total. The van der Waals surface area contributed by atoms with Crippen LogP contribution in [0.15, 0.2) is 249 Å². The summed E-state index contributed by atoms with van der Waals surface area (Å²) in [6.45, 7) is 0. The summed E-state index contributed by atoms with van der Waals surface area (Å²) in [6, 6.07) is 92.4. The Kier molecular flexibility index (Phi) is 8.69. The SMILES string of the molecule is c1ccc(-c2ccc(-c3cc4ccccc4c4ccccc34)cc2N(c2ccc3c(c2)C(c2ccccc2)(c2ccccc2)c2ccccc2-3)c2ccc3sc4ccccc4c3c2)cc1. The zero-order chi connectivity index (χ0) is 42.9. The molecule has 0 atom stereocenters. The van der Waals surface area contributed by atoms with Crippen LogP contribution in [-0.4, -0.2) is 0 Å². The summed E-state index contributed by atoms with van der Waals surface area (Å²) in [7, 11) is 0. The maximum atomic E-state index is 2.53. The Morgan fingerprint density at radius 2 is 0.877 bits per heavy atom. The fourth-order valence-electron chi connectivity index (χ4n) is 10.9. The number of anilines is 3. The highest BCUT2D eigenvalue weighted by Gasteiger charge is 2.46. The van der Waals surface area contributed by atoms with Crippen molar-refractivity contribution in [2.75, 3.05) is 4.90 Å². The molecule has 1 nitrogen and oxygen atoms in total. The monoisotopic (exact) mass is 843 g/mol. The van der Waals surface area contributed by atoms with Crippen molar-refractivity contribution in [3.8, 4) is 33.4 Å². The maximum absolute atomic E-state index is 2.53. The van der Waals surface area contributed by atoms with Gasteiger partial charge in [0.2, 0.25) is 0 Å². The molecule has 2 heteroatoms. The Bertz CT molecular complexity index is 3730. The van der Waals surface area contributed by atoms with Gasteiger partial charge < -0.3 is 4.90 Å². The summed E-state index contributed by atoms with van der Waals surface area (Å²) in [4.78, 5) is 2.53. The van der Waals surface area contributed by atoms with E-state index < -0.39 is 5.41 Å². The quantitative estimate of drug-likeness (QED) is 0.145. The van der Waals surface area contributed by atoms with Gasteiger partial charge in [0.15, 0.2) is 0 Å². The highest BCUT2D eigenvalue weighted by molar-refractivity contribution is 7.25. The number of nitrogens with zero attached hydrogens (tertiary/aromatic N) is 1. The van der Waals surface area contributed by atoms with Crippen LogP contribution in [0.3, 0.4) is 0 Å². The van der Waals surface area contributed by atoms with E-state index in [9.17, 15) is 0 Å². The van der Waals surface area contributed by atoms with Crippen LogP contribution < -0.4 is 4.90 Å². The molecule has 1 heterocycles. The average Bonchev–Trinajstić information content (AvgIpc) is 3.90. The van der Waals surface area contributed by atoms with Gasteiger partial charge in [0, 0.05) is 37.1 Å². The van der Waals surface area contributed by atoms with Gasteiger partial charge in [-0.2, -0.15) is 0 Å². The topological polar surface area (TPSA) is 3.24 Å². The van der Waals surface area contributed by atoms with Crippen molar-refractivity contribution < 1.29 is 0 Å². The molecule has 12 aromatic rings. The maximum Gasteiger partial charge on any atom is 0.0714 e. The summed E-state index contributed by atoms with van der Waals surface area (Å²) in [5.74, 6) is 0. The molecule has 11 aromatic carbocycles. The van der Waals surface area contributed by atoms with Crippen molar-refractivity contribution in [1.82, 2.24) is 0 Å². The van der Waals surface area contributed by atoms with Crippen LogP contribution in [0.25, 0.3) is 75.1 Å². The van der Waals surface area contributed by atoms with Crippen LogP contribution in [0.4, 0.5) is 17.1 Å². The van der Waals surface area contributed by atoms with E-state index in [4.69, 9.17) is 0 Å². The lowest BCUT2D eigenvalue weighted by molar-refractivity contribution is 0.768. The van der Waals surface area contributed by atoms with Crippen molar-refractivity contribution in [1.29, 1.82) is 0 Å². The van der Waals surface area contributed by atoms with E-state index in [2.05, 4.69) is 254 Å². The minimum absolute atomic E-state index is 0.544. The molecule has 1 aliphatic rings. The van der Waals surface area contributed by atoms with E-state index in [0.29, 0.717) is 0 Å². The van der Waals surface area contributed by atoms with Crippen molar-refractivity contribution in [3.05, 3.63) is 271 Å². The van der Waals surface area contributed by atoms with Gasteiger partial charge in [0.25, 0.3) is 0 Å². The lowest BCUT2D eigenvalue weighted by Gasteiger charge is -2.35. The molecule has 0 amide bonds. The largest absolute Gasteiger partial charge is 0.310 e. The number of hydrogen-bond acceptors (Lipinski definition) is 2. The Morgan fingerprint density at radius 1 is 0.308 bits per heavy atom. The average molecular weight is 844 g/mol. The van der Waals surface area contributed by atoms with E-state index in [-0.39, 0.29) is 0 Å². The second kappa shape index (κ2) is 15.1. The highest BCUT2D eigenvalue weighted by Crippen LogP contribution is 2.58. The fourth-order valence-corrected chi connectivity index (χ4v) is 12.0. The van der Waals surface area contributed by atoms with Crippen molar-refractivity contribution in [2.45, 2.75) is 5.41 Å². The zero-order valence-corrected chi connectivity index (χ0v) is 36.3. The standard InChI is InChI=1S/C63H41NS/c1-4-18-42(19-5-1)50-35-32-44(56-38-43-20-10-11-25-49(43)51-26-12-13-27-52(51)56)39-60(50)64(47-34-37-62-57(40-47)55-29-15-17-31-61(55)65-62)48-33-36-54-53-28-14-16-30-58(53)63(59(54)41-48,45-21-6-2-7-22-45)46-23-8-3-9-24-46/h1-41H. The second-order valence-electron chi connectivity index (χ2n) is 17.2. The van der Waals surface area contributed by atoms with Gasteiger partial charge in [-0.25, -0.2) is 0 Å². The van der Waals surface area contributed by atoms with E-state index >= 15 is 0 Å². The minimum Gasteiger partial charge on any atom is -0.310 e. The van der Waals surface area contributed by atoms with Crippen LogP contribution >= 0.6 is 11.3 Å². The lowest BCUT2D eigenvalue weighted by Crippen LogP contribution is -2.28. The molecular formula is C63H41NS. The number of thiophene rings is 1. The summed E-state index contributed by atoms with van der Waals surface area (Å²) in [6.07, 6.45) is 0. The van der Waals surface area contributed by atoms with Gasteiger partial charge in [-0.1, -0.05) is 200 Å². The first kappa shape index (κ1) is 37.5. The van der Waals surface area contributed by atoms with E-state index in [0.717, 1.165) is 22.6 Å². The fraction of sp³-hybridized carbons (Fsp3) is 0.0159. The zero-order valence-electron chi connectivity index (χ0n) is 35.5. The highest BCUT2D eigenvalue weighted by atomic mass is 32.1. The van der Waals surface area contributed by atoms with Gasteiger partial charge >= 0.3 is 0 Å². The molecule has 0 saturated heterocycles. The summed E-state index contributed by atoms with van der Waals surface area (Å²) < 4.78 is 2.58. The predicted octanol–water partition coefficient (Wildman–Crippen LogP) is 17.5. The molecule has 1 aromatic heterocycles. The van der Waals surface area contributed by atoms with Crippen molar-refractivity contribution >= 4 is 70.1 Å². The number of benzene rings is 11. The molecule has 0 bridgehead atoms. The Morgan fingerprint density at radius 3 is 1.66 bits per heavy atom. The number of rotatable bonds is 7. The molecule has 13 rings (SSSR count). The molecule has 0 saturated carbocycles. The molecular weight excluding hydrogens is 803 g/mol. The second-order valence-corrected chi connectivity index (χ2v) is 18.2. The van der Waals surface area contributed by atoms with Crippen molar-refractivity contribution in [3.63, 3.8) is 0 Å². The normalized spacial score (nSPS) is 12.7. The Hall–Kier alpha value is -8.04. The van der Waals surface area contributed by atoms with E-state index in [1.165, 1.54) is 91.8 Å². The van der Waals surface area contributed by atoms with Gasteiger partial charge in [-0.15, -0.1) is 11.3 Å². The summed E-state index contributed by atoms with van der Waals surface area (Å²) in [5, 5.41) is 7.56. The first-order chi connectivity index (χ1) is 32.2. The molecule has 65 heavy (non-hydrogen) atoms. The van der Waals surface area contributed by atoms with E-state index in [1.807, 2.05) is 11.3 Å². The van der Waals surface area contributed by atoms with Gasteiger partial charge in [0.05, 0.1) is 11.1 Å². The third-order valence-corrected chi connectivity index (χ3v) is 14.9. The van der Waals surface area contributed by atoms with Gasteiger partial charge in [-0.3, -0.25) is 0 Å².